The van der Waals surface area contributed by atoms with Crippen LogP contribution in [0, 0.1) is 5.82 Å². The molecule has 9 heteroatoms. The summed E-state index contributed by atoms with van der Waals surface area (Å²) in [6, 6.07) is 13.9. The van der Waals surface area contributed by atoms with E-state index >= 15 is 0 Å². The molecule has 1 saturated heterocycles. The Morgan fingerprint density at radius 1 is 1.16 bits per heavy atom. The van der Waals surface area contributed by atoms with E-state index in [-0.39, 0.29) is 11.9 Å². The molecular weight excluding hydrogens is 419 g/mol. The summed E-state index contributed by atoms with van der Waals surface area (Å²) in [5.74, 6) is 6.19. The maximum atomic E-state index is 14.5. The van der Waals surface area contributed by atoms with E-state index < -0.39 is 0 Å². The molecule has 2 aromatic carbocycles. The van der Waals surface area contributed by atoms with E-state index in [4.69, 9.17) is 22.2 Å². The van der Waals surface area contributed by atoms with Gasteiger partial charge >= 0.3 is 0 Å². The van der Waals surface area contributed by atoms with Crippen LogP contribution in [0.25, 0.3) is 11.1 Å². The monoisotopic (exact) mass is 440 g/mol. The lowest BCUT2D eigenvalue weighted by Gasteiger charge is -2.32. The summed E-state index contributed by atoms with van der Waals surface area (Å²) >= 11 is 5.96. The number of rotatable bonds is 6. The predicted octanol–water partition coefficient (Wildman–Crippen LogP) is 4.11. The largest absolute Gasteiger partial charge is 0.490 e. The first-order valence-electron chi connectivity index (χ1n) is 9.91. The number of nitrogens with one attached hydrogen (secondary N) is 1. The van der Waals surface area contributed by atoms with Crippen LogP contribution >= 0.6 is 11.6 Å². The van der Waals surface area contributed by atoms with Gasteiger partial charge in [0.2, 0.25) is 5.95 Å². The van der Waals surface area contributed by atoms with Crippen molar-refractivity contribution in [2.75, 3.05) is 18.0 Å². The van der Waals surface area contributed by atoms with Crippen LogP contribution in [-0.2, 0) is 0 Å². The molecule has 0 spiro atoms. The predicted molar refractivity (Wildman–Crippen MR) is 120 cm³/mol. The molecule has 0 bridgehead atoms. The van der Waals surface area contributed by atoms with Crippen molar-refractivity contribution < 1.29 is 9.13 Å². The number of aromatic nitrogens is 2. The number of hydrogen-bond donors (Lipinski definition) is 2. The van der Waals surface area contributed by atoms with E-state index in [0.29, 0.717) is 22.4 Å². The van der Waals surface area contributed by atoms with Gasteiger partial charge in [-0.15, -0.1) is 0 Å². The molecule has 0 radical (unpaired) electrons. The summed E-state index contributed by atoms with van der Waals surface area (Å²) in [5.41, 5.74) is 4.04. The van der Waals surface area contributed by atoms with Crippen molar-refractivity contribution in [1.29, 1.82) is 0 Å². The summed E-state index contributed by atoms with van der Waals surface area (Å²) in [5, 5.41) is 0.440. The first-order valence-corrected chi connectivity index (χ1v) is 10.3. The molecule has 160 valence electrons. The van der Waals surface area contributed by atoms with Gasteiger partial charge in [-0.25, -0.2) is 25.2 Å². The van der Waals surface area contributed by atoms with E-state index in [2.05, 4.69) is 25.3 Å². The van der Waals surface area contributed by atoms with Crippen molar-refractivity contribution >= 4 is 29.6 Å². The lowest BCUT2D eigenvalue weighted by atomic mass is 10.0. The fourth-order valence-electron chi connectivity index (χ4n) is 3.49. The highest BCUT2D eigenvalue weighted by molar-refractivity contribution is 6.29. The zero-order valence-corrected chi connectivity index (χ0v) is 17.5. The third kappa shape index (κ3) is 5.28. The lowest BCUT2D eigenvalue weighted by Crippen LogP contribution is -2.39. The molecule has 7 nitrogen and oxygen atoms in total. The Hall–Kier alpha value is -3.23. The van der Waals surface area contributed by atoms with E-state index in [1.54, 1.807) is 24.4 Å². The van der Waals surface area contributed by atoms with Crippen LogP contribution < -0.4 is 20.9 Å². The van der Waals surface area contributed by atoms with Crippen molar-refractivity contribution in [1.82, 2.24) is 15.4 Å². The van der Waals surface area contributed by atoms with Crippen molar-refractivity contribution in [2.24, 2.45) is 10.8 Å². The number of hydrazine groups is 1. The van der Waals surface area contributed by atoms with Gasteiger partial charge in [-0.3, -0.25) is 0 Å². The first-order chi connectivity index (χ1) is 15.1. The van der Waals surface area contributed by atoms with Gasteiger partial charge in [0, 0.05) is 43.8 Å². The highest BCUT2D eigenvalue weighted by Gasteiger charge is 2.22. The minimum atomic E-state index is -0.351. The fraction of sp³-hybridized carbons (Fsp3) is 0.227. The normalized spacial score (nSPS) is 14.7. The zero-order valence-electron chi connectivity index (χ0n) is 16.7. The molecule has 1 aliphatic heterocycles. The van der Waals surface area contributed by atoms with Gasteiger partial charge in [-0.05, 0) is 35.9 Å². The summed E-state index contributed by atoms with van der Waals surface area (Å²) in [7, 11) is 0. The Bertz CT molecular complexity index is 1050. The number of nitrogens with two attached hydrogens (primary N) is 1. The van der Waals surface area contributed by atoms with Gasteiger partial charge in [-0.2, -0.15) is 0 Å². The summed E-state index contributed by atoms with van der Waals surface area (Å²) < 4.78 is 20.6. The van der Waals surface area contributed by atoms with Gasteiger partial charge < -0.3 is 15.1 Å². The van der Waals surface area contributed by atoms with Crippen LogP contribution in [0.5, 0.6) is 5.75 Å². The van der Waals surface area contributed by atoms with E-state index in [9.17, 15) is 4.39 Å². The molecular formula is C22H22ClFN6O. The van der Waals surface area contributed by atoms with Crippen LogP contribution in [-0.4, -0.2) is 35.5 Å². The maximum Gasteiger partial charge on any atom is 0.226 e. The number of nitrogens with zero attached hydrogens (tertiary/aromatic N) is 4. The van der Waals surface area contributed by atoms with Crippen molar-refractivity contribution in [3.05, 3.63) is 65.7 Å². The van der Waals surface area contributed by atoms with Crippen LogP contribution in [0.15, 0.2) is 59.7 Å². The van der Waals surface area contributed by atoms with Crippen LogP contribution in [0.4, 0.5) is 16.0 Å². The highest BCUT2D eigenvalue weighted by Crippen LogP contribution is 2.29. The number of anilines is 1. The number of ether oxygens (including phenoxy) is 1. The number of halogens is 2. The number of benzene rings is 2. The standard InChI is InChI=1S/C22H22ClFN6O/c23-21-7-10-26-22(29-21)30-11-8-18(9-12-30)31-17-4-1-15(2-5-17)19-6-3-16(13-20(19)24)27-14-28-25/h1-7,10,13-14,18H,8-9,11-12,25H2,(H,27,28). The van der Waals surface area contributed by atoms with Gasteiger partial charge in [0.1, 0.15) is 29.2 Å². The Kier molecular flexibility index (Phi) is 6.59. The van der Waals surface area contributed by atoms with Gasteiger partial charge in [0.25, 0.3) is 0 Å². The Balaban J connectivity index is 1.36. The summed E-state index contributed by atoms with van der Waals surface area (Å²) in [6.07, 6.45) is 4.77. The molecule has 3 N–H and O–H groups in total. The maximum absolute atomic E-state index is 14.5. The van der Waals surface area contributed by atoms with Crippen LogP contribution in [0.2, 0.25) is 5.15 Å². The number of piperidine rings is 1. The Morgan fingerprint density at radius 2 is 1.94 bits per heavy atom. The molecule has 0 aliphatic carbocycles. The third-order valence-electron chi connectivity index (χ3n) is 5.04. The Morgan fingerprint density at radius 3 is 2.61 bits per heavy atom. The molecule has 31 heavy (non-hydrogen) atoms. The zero-order chi connectivity index (χ0) is 21.6. The van der Waals surface area contributed by atoms with Gasteiger partial charge in [0.15, 0.2) is 0 Å². The van der Waals surface area contributed by atoms with E-state index in [1.807, 2.05) is 24.3 Å². The molecule has 1 fully saturated rings. The quantitative estimate of drug-likeness (QED) is 0.197. The molecule has 4 rings (SSSR count). The molecule has 2 heterocycles. The second-order valence-electron chi connectivity index (χ2n) is 7.10. The SMILES string of the molecule is NNC=Nc1ccc(-c2ccc(OC3CCN(c4nccc(Cl)n4)CC3)cc2)c(F)c1. The smallest absolute Gasteiger partial charge is 0.226 e. The number of hydrogen-bond acceptors (Lipinski definition) is 6. The van der Waals surface area contributed by atoms with Crippen LogP contribution in [0.1, 0.15) is 12.8 Å². The average Bonchev–Trinajstić information content (AvgIpc) is 2.79. The Labute approximate surface area is 184 Å². The first kappa shape index (κ1) is 21.0. The third-order valence-corrected chi connectivity index (χ3v) is 5.25. The van der Waals surface area contributed by atoms with Crippen LogP contribution in [0.3, 0.4) is 0 Å². The molecule has 3 aromatic rings. The molecule has 0 amide bonds. The topological polar surface area (TPSA) is 88.7 Å². The number of aliphatic imine (C=N–C) groups is 1. The summed E-state index contributed by atoms with van der Waals surface area (Å²) in [4.78, 5) is 14.6. The lowest BCUT2D eigenvalue weighted by molar-refractivity contribution is 0.170. The van der Waals surface area contributed by atoms with E-state index in [1.165, 1.54) is 12.4 Å². The second-order valence-corrected chi connectivity index (χ2v) is 7.48. The summed E-state index contributed by atoms with van der Waals surface area (Å²) in [6.45, 7) is 1.59. The van der Waals surface area contributed by atoms with Gasteiger partial charge in [0.05, 0.1) is 5.69 Å². The van der Waals surface area contributed by atoms with E-state index in [0.717, 1.165) is 37.2 Å². The molecule has 0 atom stereocenters. The minimum absolute atomic E-state index is 0.103. The molecule has 1 aliphatic rings. The second kappa shape index (κ2) is 9.72. The van der Waals surface area contributed by atoms with Crippen molar-refractivity contribution in [3.8, 4) is 16.9 Å². The van der Waals surface area contributed by atoms with Gasteiger partial charge in [-0.1, -0.05) is 23.7 Å². The minimum Gasteiger partial charge on any atom is -0.490 e. The highest BCUT2D eigenvalue weighted by atomic mass is 35.5. The fourth-order valence-corrected chi connectivity index (χ4v) is 3.62. The van der Waals surface area contributed by atoms with Crippen molar-refractivity contribution in [2.45, 2.75) is 18.9 Å². The molecule has 0 saturated carbocycles. The van der Waals surface area contributed by atoms with Crippen molar-refractivity contribution in [3.63, 3.8) is 0 Å². The molecule has 1 aromatic heterocycles. The average molecular weight is 441 g/mol. The molecule has 0 unspecified atom stereocenters.